The van der Waals surface area contributed by atoms with Gasteiger partial charge in [0, 0.05) is 11.3 Å². The Morgan fingerprint density at radius 1 is 1.21 bits per heavy atom. The highest BCUT2D eigenvalue weighted by molar-refractivity contribution is 7.09. The number of aliphatic hydroxyl groups is 2. The molecule has 7 heteroatoms. The predicted octanol–water partition coefficient (Wildman–Crippen LogP) is 5.27. The van der Waals surface area contributed by atoms with Crippen LogP contribution in [0.1, 0.15) is 84.3 Å². The van der Waals surface area contributed by atoms with E-state index < -0.39 is 35.6 Å². The molecule has 1 aromatic rings. The lowest BCUT2D eigenvalue weighted by Gasteiger charge is -2.34. The number of rotatable bonds is 2. The minimum atomic E-state index is -1.21. The van der Waals surface area contributed by atoms with E-state index in [-0.39, 0.29) is 18.1 Å². The Balaban J connectivity index is 2.32. The summed E-state index contributed by atoms with van der Waals surface area (Å²) in [6.45, 7) is 12.8. The first kappa shape index (κ1) is 28.4. The van der Waals surface area contributed by atoms with Crippen LogP contribution in [0, 0.1) is 24.2 Å². The third-order valence-corrected chi connectivity index (χ3v) is 7.84. The van der Waals surface area contributed by atoms with Crippen LogP contribution in [0.4, 0.5) is 0 Å². The Hall–Kier alpha value is -1.83. The summed E-state index contributed by atoms with van der Waals surface area (Å²) < 4.78 is 5.82. The van der Waals surface area contributed by atoms with E-state index in [1.807, 2.05) is 32.2 Å². The number of aryl methyl sites for hydroxylation is 1. The molecule has 0 aliphatic carbocycles. The van der Waals surface area contributed by atoms with E-state index in [2.05, 4.69) is 18.0 Å². The summed E-state index contributed by atoms with van der Waals surface area (Å²) in [6.07, 6.45) is 4.30. The lowest BCUT2D eigenvalue weighted by molar-refractivity contribution is -0.154. The molecule has 0 unspecified atom stereocenters. The van der Waals surface area contributed by atoms with Crippen LogP contribution in [0.15, 0.2) is 22.6 Å². The Labute approximate surface area is 208 Å². The van der Waals surface area contributed by atoms with E-state index in [0.717, 1.165) is 35.5 Å². The molecule has 34 heavy (non-hydrogen) atoms. The zero-order valence-electron chi connectivity index (χ0n) is 21.6. The van der Waals surface area contributed by atoms with Gasteiger partial charge in [-0.1, -0.05) is 39.3 Å². The monoisotopic (exact) mass is 491 g/mol. The molecule has 0 aromatic carbocycles. The van der Waals surface area contributed by atoms with Gasteiger partial charge in [0.25, 0.3) is 0 Å². The Morgan fingerprint density at radius 2 is 1.88 bits per heavy atom. The fourth-order valence-corrected chi connectivity index (χ4v) is 4.97. The third-order valence-electron chi connectivity index (χ3n) is 7.05. The number of hydrogen-bond donors (Lipinski definition) is 2. The van der Waals surface area contributed by atoms with Gasteiger partial charge in [-0.25, -0.2) is 4.98 Å². The second-order valence-electron chi connectivity index (χ2n) is 10.4. The molecule has 1 aliphatic heterocycles. The molecule has 1 aliphatic rings. The van der Waals surface area contributed by atoms with Crippen molar-refractivity contribution in [3.63, 3.8) is 0 Å². The van der Waals surface area contributed by atoms with Crippen molar-refractivity contribution in [2.75, 3.05) is 0 Å². The van der Waals surface area contributed by atoms with Gasteiger partial charge in [-0.3, -0.25) is 9.59 Å². The number of ether oxygens (including phenoxy) is 1. The van der Waals surface area contributed by atoms with Gasteiger partial charge in [-0.2, -0.15) is 0 Å². The van der Waals surface area contributed by atoms with Crippen LogP contribution in [0.2, 0.25) is 0 Å². The summed E-state index contributed by atoms with van der Waals surface area (Å²) in [5, 5.41) is 24.5. The second-order valence-corrected chi connectivity index (χ2v) is 11.4. The number of carbonyl (C=O) groups is 2. The van der Waals surface area contributed by atoms with Crippen molar-refractivity contribution < 1.29 is 24.5 Å². The maximum atomic E-state index is 13.2. The van der Waals surface area contributed by atoms with Gasteiger partial charge in [0.2, 0.25) is 0 Å². The van der Waals surface area contributed by atoms with Gasteiger partial charge in [0.05, 0.1) is 34.7 Å². The number of nitrogens with zero attached hydrogens (tertiary/aromatic N) is 1. The van der Waals surface area contributed by atoms with Crippen LogP contribution in [-0.2, 0) is 14.3 Å². The van der Waals surface area contributed by atoms with Crippen LogP contribution >= 0.6 is 11.3 Å². The summed E-state index contributed by atoms with van der Waals surface area (Å²) in [5.74, 6) is -1.50. The lowest BCUT2D eigenvalue weighted by Crippen LogP contribution is -2.45. The minimum Gasteiger partial charge on any atom is -0.458 e. The van der Waals surface area contributed by atoms with Crippen LogP contribution in [0.3, 0.4) is 0 Å². The van der Waals surface area contributed by atoms with E-state index in [1.54, 1.807) is 32.1 Å². The second kappa shape index (κ2) is 12.2. The molecular formula is C27H41NO5S. The van der Waals surface area contributed by atoms with Gasteiger partial charge >= 0.3 is 5.97 Å². The van der Waals surface area contributed by atoms with Gasteiger partial charge in [0.15, 0.2) is 0 Å². The highest BCUT2D eigenvalue weighted by Gasteiger charge is 2.42. The molecule has 2 heterocycles. The van der Waals surface area contributed by atoms with E-state index >= 15 is 0 Å². The van der Waals surface area contributed by atoms with Gasteiger partial charge in [-0.15, -0.1) is 11.3 Å². The lowest BCUT2D eigenvalue weighted by atomic mass is 9.73. The van der Waals surface area contributed by atoms with Crippen molar-refractivity contribution in [2.45, 2.75) is 98.9 Å². The zero-order chi connectivity index (χ0) is 25.6. The number of aromatic nitrogens is 1. The van der Waals surface area contributed by atoms with E-state index in [9.17, 15) is 19.8 Å². The van der Waals surface area contributed by atoms with Gasteiger partial charge in [-0.05, 0) is 64.0 Å². The molecule has 0 radical (unpaired) electrons. The molecule has 0 amide bonds. The number of allylic oxidation sites excluding steroid dienone is 2. The molecule has 0 saturated carbocycles. The molecule has 6 nitrogen and oxygen atoms in total. The number of esters is 1. The number of Topliss-reactive ketones (excluding diaryl/α,β-unsaturated/α-hetero) is 1. The average Bonchev–Trinajstić information content (AvgIpc) is 3.18. The Bertz CT molecular complexity index is 916. The largest absolute Gasteiger partial charge is 0.458 e. The molecule has 5 atom stereocenters. The van der Waals surface area contributed by atoms with Crippen LogP contribution in [0.25, 0.3) is 6.08 Å². The van der Waals surface area contributed by atoms with Crippen molar-refractivity contribution >= 4 is 29.2 Å². The first-order chi connectivity index (χ1) is 15.8. The number of aliphatic hydroxyl groups excluding tert-OH is 2. The van der Waals surface area contributed by atoms with Crippen molar-refractivity contribution in [3.8, 4) is 0 Å². The van der Waals surface area contributed by atoms with E-state index in [0.29, 0.717) is 6.42 Å². The topological polar surface area (TPSA) is 96.7 Å². The fourth-order valence-electron chi connectivity index (χ4n) is 4.40. The third kappa shape index (κ3) is 7.59. The average molecular weight is 492 g/mol. The Kier molecular flexibility index (Phi) is 10.2. The summed E-state index contributed by atoms with van der Waals surface area (Å²) in [6, 6.07) is 0. The zero-order valence-corrected chi connectivity index (χ0v) is 22.4. The first-order valence-electron chi connectivity index (χ1n) is 12.2. The number of cyclic esters (lactones) is 1. The molecule has 0 bridgehead atoms. The van der Waals surface area contributed by atoms with Gasteiger partial charge in [0.1, 0.15) is 11.9 Å². The van der Waals surface area contributed by atoms with Crippen LogP contribution in [0.5, 0.6) is 0 Å². The summed E-state index contributed by atoms with van der Waals surface area (Å²) in [4.78, 5) is 30.5. The van der Waals surface area contributed by atoms with Crippen molar-refractivity contribution in [1.82, 2.24) is 4.98 Å². The van der Waals surface area contributed by atoms with E-state index in [4.69, 9.17) is 4.74 Å². The minimum absolute atomic E-state index is 0.0618. The van der Waals surface area contributed by atoms with Crippen molar-refractivity contribution in [1.29, 1.82) is 0 Å². The standard InChI is InChI=1S/C27H41NO5S/c1-16-9-8-10-17(2)25(31)19(4)26(32)27(6,7)23(29)14-24(30)33-22(12-11-16)18(3)13-21-15-34-20(5)28-21/h9,13,15,17,19,22-23,25,29,31H,8,10-12,14H2,1-7H3/b16-9-,18-13+/t17-,19+,22-,23-,25-/m0/s1. The quantitative estimate of drug-likeness (QED) is 0.432. The fraction of sp³-hybridized carbons (Fsp3) is 0.667. The molecule has 190 valence electrons. The molecular weight excluding hydrogens is 450 g/mol. The molecule has 2 rings (SSSR count). The molecule has 0 saturated heterocycles. The van der Waals surface area contributed by atoms with E-state index in [1.165, 1.54) is 5.57 Å². The first-order valence-corrected chi connectivity index (χ1v) is 13.1. The SMILES string of the molecule is C/C1=C/CC[C@H](C)[C@H](O)[C@@H](C)C(=O)C(C)(C)[C@@H](O)CC(=O)O[C@H](/C(C)=C/c2csc(C)n2)CC1. The highest BCUT2D eigenvalue weighted by Crippen LogP contribution is 2.32. The number of hydrogen-bond acceptors (Lipinski definition) is 7. The molecule has 2 N–H and O–H groups in total. The van der Waals surface area contributed by atoms with Crippen molar-refractivity contribution in [2.24, 2.45) is 17.3 Å². The highest BCUT2D eigenvalue weighted by atomic mass is 32.1. The smallest absolute Gasteiger partial charge is 0.309 e. The summed E-state index contributed by atoms with van der Waals surface area (Å²) >= 11 is 1.57. The maximum absolute atomic E-state index is 13.2. The molecule has 0 spiro atoms. The molecule has 1 aromatic heterocycles. The summed E-state index contributed by atoms with van der Waals surface area (Å²) in [7, 11) is 0. The number of thiazole rings is 1. The number of carbonyl (C=O) groups excluding carboxylic acids is 2. The van der Waals surface area contributed by atoms with Crippen LogP contribution in [-0.4, -0.2) is 45.3 Å². The number of ketones is 1. The summed E-state index contributed by atoms with van der Waals surface area (Å²) in [5.41, 5.74) is 1.73. The van der Waals surface area contributed by atoms with Crippen molar-refractivity contribution in [3.05, 3.63) is 33.3 Å². The van der Waals surface area contributed by atoms with Crippen LogP contribution < -0.4 is 0 Å². The predicted molar refractivity (Wildman–Crippen MR) is 136 cm³/mol. The Morgan fingerprint density at radius 3 is 2.50 bits per heavy atom. The molecule has 0 fully saturated rings. The maximum Gasteiger partial charge on any atom is 0.309 e. The van der Waals surface area contributed by atoms with Gasteiger partial charge < -0.3 is 14.9 Å². The normalized spacial score (nSPS) is 32.1.